The molecule has 1 unspecified atom stereocenters. The SMILES string of the molecule is CC(NCCCCC#N)c1ccc(Cl)cc1Cl. The second-order valence-corrected chi connectivity index (χ2v) is 4.80. The van der Waals surface area contributed by atoms with Gasteiger partial charge in [-0.25, -0.2) is 0 Å². The van der Waals surface area contributed by atoms with Gasteiger partial charge in [-0.2, -0.15) is 5.26 Å². The van der Waals surface area contributed by atoms with Crippen molar-refractivity contribution in [2.75, 3.05) is 6.54 Å². The van der Waals surface area contributed by atoms with Gasteiger partial charge in [0.25, 0.3) is 0 Å². The Kier molecular flexibility index (Phi) is 6.36. The van der Waals surface area contributed by atoms with Crippen molar-refractivity contribution < 1.29 is 0 Å². The van der Waals surface area contributed by atoms with E-state index in [-0.39, 0.29) is 6.04 Å². The average molecular weight is 271 g/mol. The van der Waals surface area contributed by atoms with E-state index >= 15 is 0 Å². The smallest absolute Gasteiger partial charge is 0.0621 e. The number of hydrogen-bond donors (Lipinski definition) is 1. The van der Waals surface area contributed by atoms with Crippen LogP contribution in [0.3, 0.4) is 0 Å². The highest BCUT2D eigenvalue weighted by Gasteiger charge is 2.08. The van der Waals surface area contributed by atoms with Crippen molar-refractivity contribution in [3.8, 4) is 6.07 Å². The molecule has 0 aliphatic rings. The van der Waals surface area contributed by atoms with E-state index in [4.69, 9.17) is 28.5 Å². The number of rotatable bonds is 6. The Morgan fingerprint density at radius 2 is 2.12 bits per heavy atom. The zero-order valence-electron chi connectivity index (χ0n) is 9.84. The molecule has 0 saturated heterocycles. The summed E-state index contributed by atoms with van der Waals surface area (Å²) in [7, 11) is 0. The lowest BCUT2D eigenvalue weighted by molar-refractivity contribution is 0.549. The van der Waals surface area contributed by atoms with E-state index in [2.05, 4.69) is 18.3 Å². The second-order valence-electron chi connectivity index (χ2n) is 3.96. The first kappa shape index (κ1) is 14.3. The first-order valence-corrected chi connectivity index (χ1v) is 6.46. The van der Waals surface area contributed by atoms with Crippen molar-refractivity contribution in [3.63, 3.8) is 0 Å². The summed E-state index contributed by atoms with van der Waals surface area (Å²) in [6, 6.07) is 7.88. The highest BCUT2D eigenvalue weighted by atomic mass is 35.5. The molecular weight excluding hydrogens is 255 g/mol. The van der Waals surface area contributed by atoms with Gasteiger partial charge in [-0.1, -0.05) is 29.3 Å². The van der Waals surface area contributed by atoms with Crippen LogP contribution in [0.15, 0.2) is 18.2 Å². The quantitative estimate of drug-likeness (QED) is 0.781. The van der Waals surface area contributed by atoms with Crippen LogP contribution in [0.1, 0.15) is 37.8 Å². The monoisotopic (exact) mass is 270 g/mol. The molecule has 0 saturated carbocycles. The molecule has 1 aromatic carbocycles. The van der Waals surface area contributed by atoms with Crippen molar-refractivity contribution >= 4 is 23.2 Å². The number of hydrogen-bond acceptors (Lipinski definition) is 2. The molecule has 0 fully saturated rings. The summed E-state index contributed by atoms with van der Waals surface area (Å²) in [5, 5.41) is 13.1. The molecule has 1 atom stereocenters. The number of nitrogens with zero attached hydrogens (tertiary/aromatic N) is 1. The minimum Gasteiger partial charge on any atom is -0.310 e. The molecule has 0 aliphatic heterocycles. The Hall–Kier alpha value is -0.750. The molecule has 1 N–H and O–H groups in total. The van der Waals surface area contributed by atoms with Crippen LogP contribution < -0.4 is 5.32 Å². The Morgan fingerprint density at radius 1 is 1.35 bits per heavy atom. The standard InChI is InChI=1S/C13H16Cl2N2/c1-10(17-8-4-2-3-7-16)12-6-5-11(14)9-13(12)15/h5-6,9-10,17H,2-4,8H2,1H3. The summed E-state index contributed by atoms with van der Waals surface area (Å²) < 4.78 is 0. The molecule has 0 heterocycles. The summed E-state index contributed by atoms with van der Waals surface area (Å²) in [6.07, 6.45) is 2.56. The summed E-state index contributed by atoms with van der Waals surface area (Å²) in [5.74, 6) is 0. The number of nitrogens with one attached hydrogen (secondary N) is 1. The van der Waals surface area contributed by atoms with Crippen LogP contribution >= 0.6 is 23.2 Å². The molecule has 0 amide bonds. The van der Waals surface area contributed by atoms with Crippen LogP contribution in [0.2, 0.25) is 10.0 Å². The van der Waals surface area contributed by atoms with Crippen LogP contribution in [0.5, 0.6) is 0 Å². The van der Waals surface area contributed by atoms with Crippen LogP contribution in [-0.4, -0.2) is 6.54 Å². The Labute approximate surface area is 113 Å². The number of unbranched alkanes of at least 4 members (excludes halogenated alkanes) is 2. The van der Waals surface area contributed by atoms with Gasteiger partial charge < -0.3 is 5.32 Å². The molecule has 4 heteroatoms. The Morgan fingerprint density at radius 3 is 2.76 bits per heavy atom. The van der Waals surface area contributed by atoms with Gasteiger partial charge in [-0.15, -0.1) is 0 Å². The summed E-state index contributed by atoms with van der Waals surface area (Å²) in [6.45, 7) is 2.96. The number of halogens is 2. The van der Waals surface area contributed by atoms with Gasteiger partial charge in [-0.3, -0.25) is 0 Å². The van der Waals surface area contributed by atoms with Gasteiger partial charge in [0.15, 0.2) is 0 Å². The summed E-state index contributed by atoms with van der Waals surface area (Å²) in [4.78, 5) is 0. The lowest BCUT2D eigenvalue weighted by Gasteiger charge is -2.15. The maximum atomic E-state index is 8.41. The van der Waals surface area contributed by atoms with Gasteiger partial charge in [0, 0.05) is 22.5 Å². The van der Waals surface area contributed by atoms with Gasteiger partial charge in [0.05, 0.1) is 6.07 Å². The third-order valence-electron chi connectivity index (χ3n) is 2.59. The van der Waals surface area contributed by atoms with E-state index < -0.39 is 0 Å². The first-order chi connectivity index (χ1) is 8.15. The maximum Gasteiger partial charge on any atom is 0.0621 e. The Bertz CT molecular complexity index is 399. The predicted octanol–water partition coefficient (Wildman–Crippen LogP) is 4.34. The van der Waals surface area contributed by atoms with Crippen molar-refractivity contribution in [2.24, 2.45) is 0 Å². The van der Waals surface area contributed by atoms with Gasteiger partial charge in [-0.05, 0) is 44.0 Å². The highest BCUT2D eigenvalue weighted by Crippen LogP contribution is 2.25. The predicted molar refractivity (Wildman–Crippen MR) is 72.3 cm³/mol. The number of nitriles is 1. The van der Waals surface area contributed by atoms with Gasteiger partial charge in [0.1, 0.15) is 0 Å². The molecule has 92 valence electrons. The van der Waals surface area contributed by atoms with E-state index in [9.17, 15) is 0 Å². The van der Waals surface area contributed by atoms with Gasteiger partial charge >= 0.3 is 0 Å². The molecular formula is C13H16Cl2N2. The second kappa shape index (κ2) is 7.55. The van der Waals surface area contributed by atoms with E-state index in [0.29, 0.717) is 16.5 Å². The molecule has 0 radical (unpaired) electrons. The van der Waals surface area contributed by atoms with Crippen molar-refractivity contribution in [3.05, 3.63) is 33.8 Å². The Balaban J connectivity index is 2.42. The van der Waals surface area contributed by atoms with Crippen molar-refractivity contribution in [1.29, 1.82) is 5.26 Å². The van der Waals surface area contributed by atoms with Crippen LogP contribution in [0.25, 0.3) is 0 Å². The molecule has 1 rings (SSSR count). The maximum absolute atomic E-state index is 8.41. The fourth-order valence-corrected chi connectivity index (χ4v) is 2.18. The summed E-state index contributed by atoms with van der Waals surface area (Å²) >= 11 is 12.0. The summed E-state index contributed by atoms with van der Waals surface area (Å²) in [5.41, 5.74) is 1.05. The third-order valence-corrected chi connectivity index (χ3v) is 3.16. The minimum absolute atomic E-state index is 0.196. The average Bonchev–Trinajstić information content (AvgIpc) is 2.28. The van der Waals surface area contributed by atoms with E-state index in [0.717, 1.165) is 24.9 Å². The van der Waals surface area contributed by atoms with Crippen molar-refractivity contribution in [1.82, 2.24) is 5.32 Å². The lowest BCUT2D eigenvalue weighted by Crippen LogP contribution is -2.20. The normalized spacial score (nSPS) is 12.1. The fraction of sp³-hybridized carbons (Fsp3) is 0.462. The largest absolute Gasteiger partial charge is 0.310 e. The fourth-order valence-electron chi connectivity index (χ4n) is 1.61. The van der Waals surface area contributed by atoms with Crippen LogP contribution in [-0.2, 0) is 0 Å². The first-order valence-electron chi connectivity index (χ1n) is 5.70. The van der Waals surface area contributed by atoms with Crippen molar-refractivity contribution in [2.45, 2.75) is 32.2 Å². The lowest BCUT2D eigenvalue weighted by atomic mass is 10.1. The highest BCUT2D eigenvalue weighted by molar-refractivity contribution is 6.35. The molecule has 0 spiro atoms. The number of benzene rings is 1. The third kappa shape index (κ3) is 4.95. The van der Waals surface area contributed by atoms with E-state index in [1.807, 2.05) is 12.1 Å². The topological polar surface area (TPSA) is 35.8 Å². The molecule has 1 aromatic rings. The minimum atomic E-state index is 0.196. The van der Waals surface area contributed by atoms with Crippen LogP contribution in [0, 0.1) is 11.3 Å². The van der Waals surface area contributed by atoms with E-state index in [1.54, 1.807) is 6.07 Å². The zero-order chi connectivity index (χ0) is 12.7. The molecule has 17 heavy (non-hydrogen) atoms. The molecule has 2 nitrogen and oxygen atoms in total. The van der Waals surface area contributed by atoms with Crippen LogP contribution in [0.4, 0.5) is 0 Å². The zero-order valence-corrected chi connectivity index (χ0v) is 11.4. The molecule has 0 bridgehead atoms. The van der Waals surface area contributed by atoms with E-state index in [1.165, 1.54) is 0 Å². The molecule has 0 aliphatic carbocycles. The molecule has 0 aromatic heterocycles. The van der Waals surface area contributed by atoms with Gasteiger partial charge in [0.2, 0.25) is 0 Å².